The van der Waals surface area contributed by atoms with Crippen molar-refractivity contribution < 1.29 is 0 Å². The molecule has 1 rings (SSSR count). The second kappa shape index (κ2) is 8.76. The molecule has 1 aromatic rings. The van der Waals surface area contributed by atoms with Crippen molar-refractivity contribution >= 4 is 33.2 Å². The average Bonchev–Trinajstić information content (AvgIpc) is 2.34. The summed E-state index contributed by atoms with van der Waals surface area (Å²) in [5, 5.41) is 3.96. The first-order chi connectivity index (χ1) is 8.63. The molecule has 102 valence electrons. The third kappa shape index (κ3) is 6.05. The Morgan fingerprint density at radius 2 is 2.06 bits per heavy atom. The number of nitrogens with zero attached hydrogens (tertiary/aromatic N) is 1. The van der Waals surface area contributed by atoms with Gasteiger partial charge in [-0.2, -0.15) is 0 Å². The van der Waals surface area contributed by atoms with E-state index in [-0.39, 0.29) is 0 Å². The smallest absolute Gasteiger partial charge is 0.143 e. The van der Waals surface area contributed by atoms with Crippen molar-refractivity contribution in [3.8, 4) is 0 Å². The molecule has 0 spiro atoms. The van der Waals surface area contributed by atoms with Gasteiger partial charge in [0.2, 0.25) is 0 Å². The van der Waals surface area contributed by atoms with Crippen LogP contribution in [0.5, 0.6) is 0 Å². The molecule has 0 aliphatic rings. The minimum Gasteiger partial charge on any atom is -0.381 e. The van der Waals surface area contributed by atoms with E-state index < -0.39 is 0 Å². The zero-order valence-corrected chi connectivity index (χ0v) is 13.5. The summed E-state index contributed by atoms with van der Waals surface area (Å²) < 4.78 is 0.837. The number of hydrogen-bond acceptors (Lipinski definition) is 2. The third-order valence-electron chi connectivity index (χ3n) is 2.95. The highest BCUT2D eigenvalue weighted by Gasteiger charge is 2.04. The molecular formula is C14H22BrClN2. The molecule has 0 aromatic carbocycles. The van der Waals surface area contributed by atoms with Crippen LogP contribution in [-0.2, 0) is 0 Å². The topological polar surface area (TPSA) is 24.9 Å². The lowest BCUT2D eigenvalue weighted by atomic mass is 10.1. The molecule has 2 nitrogen and oxygen atoms in total. The molecule has 4 heteroatoms. The highest BCUT2D eigenvalue weighted by Crippen LogP contribution is 2.23. The summed E-state index contributed by atoms with van der Waals surface area (Å²) in [7, 11) is 0. The Morgan fingerprint density at radius 3 is 2.72 bits per heavy atom. The van der Waals surface area contributed by atoms with E-state index in [4.69, 9.17) is 11.6 Å². The number of unbranched alkanes of at least 4 members (excludes halogenated alkanes) is 4. The van der Waals surface area contributed by atoms with Crippen molar-refractivity contribution in [3.63, 3.8) is 0 Å². The number of rotatable bonds is 8. The summed E-state index contributed by atoms with van der Waals surface area (Å²) in [6, 6.07) is 2.45. The second-order valence-electron chi connectivity index (χ2n) is 4.74. The Kier molecular flexibility index (Phi) is 7.68. The number of nitrogens with one attached hydrogen (secondary N) is 1. The van der Waals surface area contributed by atoms with E-state index in [2.05, 4.69) is 40.1 Å². The van der Waals surface area contributed by atoms with Crippen molar-refractivity contribution in [2.24, 2.45) is 0 Å². The summed E-state index contributed by atoms with van der Waals surface area (Å²) in [4.78, 5) is 4.11. The van der Waals surface area contributed by atoms with E-state index in [1.807, 2.05) is 6.07 Å². The Hall–Kier alpha value is -0.280. The predicted molar refractivity (Wildman–Crippen MR) is 83.4 cm³/mol. The SMILES string of the molecule is CCCCCCCC(C)Nc1cnc(Cl)c(Br)c1. The van der Waals surface area contributed by atoms with Crippen molar-refractivity contribution in [2.75, 3.05) is 5.32 Å². The molecule has 18 heavy (non-hydrogen) atoms. The molecule has 0 amide bonds. The van der Waals surface area contributed by atoms with Crippen LogP contribution >= 0.6 is 27.5 Å². The molecule has 1 atom stereocenters. The molecule has 0 saturated carbocycles. The standard InChI is InChI=1S/C14H22BrClN2/c1-3-4-5-6-7-8-11(2)18-12-9-13(15)14(16)17-10-12/h9-11,18H,3-8H2,1-2H3. The van der Waals surface area contributed by atoms with Gasteiger partial charge in [-0.15, -0.1) is 0 Å². The van der Waals surface area contributed by atoms with Crippen molar-refractivity contribution in [2.45, 2.75) is 58.4 Å². The minimum absolute atomic E-state index is 0.474. The van der Waals surface area contributed by atoms with Gasteiger partial charge in [0.1, 0.15) is 5.15 Å². The van der Waals surface area contributed by atoms with Crippen LogP contribution in [0.1, 0.15) is 52.4 Å². The fourth-order valence-corrected chi connectivity index (χ4v) is 2.36. The molecule has 0 aliphatic carbocycles. The third-order valence-corrected chi connectivity index (χ3v) is 4.08. The van der Waals surface area contributed by atoms with E-state index in [0.717, 1.165) is 10.2 Å². The molecule has 0 bridgehead atoms. The quantitative estimate of drug-likeness (QED) is 0.490. The molecule has 0 fully saturated rings. The fraction of sp³-hybridized carbons (Fsp3) is 0.643. The largest absolute Gasteiger partial charge is 0.381 e. The number of pyridine rings is 1. The van der Waals surface area contributed by atoms with Crippen molar-refractivity contribution in [1.29, 1.82) is 0 Å². The zero-order valence-electron chi connectivity index (χ0n) is 11.2. The summed E-state index contributed by atoms with van der Waals surface area (Å²) in [5.74, 6) is 0. The summed E-state index contributed by atoms with van der Waals surface area (Å²) in [6.07, 6.45) is 9.62. The van der Waals surface area contributed by atoms with Gasteiger partial charge in [-0.05, 0) is 35.3 Å². The van der Waals surface area contributed by atoms with E-state index in [9.17, 15) is 0 Å². The number of halogens is 2. The van der Waals surface area contributed by atoms with E-state index >= 15 is 0 Å². The Balaban J connectivity index is 2.26. The van der Waals surface area contributed by atoms with Gasteiger partial charge in [0.25, 0.3) is 0 Å². The van der Waals surface area contributed by atoms with Gasteiger partial charge in [0.15, 0.2) is 0 Å². The van der Waals surface area contributed by atoms with Crippen LogP contribution in [0.25, 0.3) is 0 Å². The maximum atomic E-state index is 5.86. The van der Waals surface area contributed by atoms with Gasteiger partial charge in [0.05, 0.1) is 16.4 Å². The van der Waals surface area contributed by atoms with Crippen molar-refractivity contribution in [3.05, 3.63) is 21.9 Å². The second-order valence-corrected chi connectivity index (χ2v) is 5.96. The first-order valence-corrected chi connectivity index (χ1v) is 7.88. The van der Waals surface area contributed by atoms with Gasteiger partial charge in [-0.3, -0.25) is 0 Å². The average molecular weight is 334 g/mol. The van der Waals surface area contributed by atoms with Crippen LogP contribution in [0, 0.1) is 0 Å². The summed E-state index contributed by atoms with van der Waals surface area (Å²) >= 11 is 9.25. The van der Waals surface area contributed by atoms with Gasteiger partial charge < -0.3 is 5.32 Å². The van der Waals surface area contributed by atoms with Gasteiger partial charge in [0, 0.05) is 6.04 Å². The number of anilines is 1. The normalized spacial score (nSPS) is 12.4. The molecule has 0 aliphatic heterocycles. The Labute approximate surface area is 124 Å². The van der Waals surface area contributed by atoms with Crippen molar-refractivity contribution in [1.82, 2.24) is 4.98 Å². The first-order valence-electron chi connectivity index (χ1n) is 6.71. The Morgan fingerprint density at radius 1 is 1.33 bits per heavy atom. The van der Waals surface area contributed by atoms with Crippen LogP contribution in [0.3, 0.4) is 0 Å². The van der Waals surface area contributed by atoms with Crippen LogP contribution in [0.15, 0.2) is 16.7 Å². The van der Waals surface area contributed by atoms with Gasteiger partial charge in [-0.1, -0.05) is 50.6 Å². The lowest BCUT2D eigenvalue weighted by Crippen LogP contribution is -2.15. The maximum Gasteiger partial charge on any atom is 0.143 e. The summed E-state index contributed by atoms with van der Waals surface area (Å²) in [6.45, 7) is 4.46. The first kappa shape index (κ1) is 15.8. The monoisotopic (exact) mass is 332 g/mol. The van der Waals surface area contributed by atoms with Crippen LogP contribution in [0.2, 0.25) is 5.15 Å². The maximum absolute atomic E-state index is 5.86. The molecule has 0 radical (unpaired) electrons. The molecule has 1 heterocycles. The van der Waals surface area contributed by atoms with E-state index in [0.29, 0.717) is 11.2 Å². The Bertz CT molecular complexity index is 358. The molecule has 1 aromatic heterocycles. The van der Waals surface area contributed by atoms with Gasteiger partial charge in [-0.25, -0.2) is 4.98 Å². The van der Waals surface area contributed by atoms with Crippen LogP contribution in [-0.4, -0.2) is 11.0 Å². The number of hydrogen-bond donors (Lipinski definition) is 1. The molecular weight excluding hydrogens is 312 g/mol. The highest BCUT2D eigenvalue weighted by molar-refractivity contribution is 9.10. The number of aromatic nitrogens is 1. The van der Waals surface area contributed by atoms with Crippen LogP contribution in [0.4, 0.5) is 5.69 Å². The lowest BCUT2D eigenvalue weighted by Gasteiger charge is -2.15. The lowest BCUT2D eigenvalue weighted by molar-refractivity contribution is 0.578. The summed E-state index contributed by atoms with van der Waals surface area (Å²) in [5.41, 5.74) is 1.02. The van der Waals surface area contributed by atoms with E-state index in [1.165, 1.54) is 38.5 Å². The zero-order chi connectivity index (χ0) is 13.4. The molecule has 0 saturated heterocycles. The predicted octanol–water partition coefficient (Wildman–Crippen LogP) is 5.66. The molecule has 1 unspecified atom stereocenters. The molecule has 1 N–H and O–H groups in total. The van der Waals surface area contributed by atoms with E-state index in [1.54, 1.807) is 6.20 Å². The fourth-order valence-electron chi connectivity index (χ4n) is 1.91. The van der Waals surface area contributed by atoms with Gasteiger partial charge >= 0.3 is 0 Å². The minimum atomic E-state index is 0.474. The highest BCUT2D eigenvalue weighted by atomic mass is 79.9. The van der Waals surface area contributed by atoms with Crippen LogP contribution < -0.4 is 5.32 Å².